The number of amides is 3. The topological polar surface area (TPSA) is 152 Å². The van der Waals surface area contributed by atoms with Gasteiger partial charge in [0.25, 0.3) is 0 Å². The van der Waals surface area contributed by atoms with Crippen molar-refractivity contribution in [2.24, 2.45) is 0 Å². The molecule has 0 aromatic heterocycles. The number of hydrogen-bond donors (Lipinski definition) is 6. The van der Waals surface area contributed by atoms with Gasteiger partial charge in [0.05, 0.1) is 17.5 Å². The van der Waals surface area contributed by atoms with Crippen LogP contribution in [-0.4, -0.2) is 65.8 Å². The van der Waals surface area contributed by atoms with Crippen LogP contribution in [0.4, 0.5) is 21.9 Å². The van der Waals surface area contributed by atoms with E-state index in [9.17, 15) is 24.6 Å². The van der Waals surface area contributed by atoms with Gasteiger partial charge in [-0.3, -0.25) is 14.9 Å². The molecule has 0 bridgehead atoms. The van der Waals surface area contributed by atoms with Gasteiger partial charge in [0.1, 0.15) is 11.9 Å². The smallest absolute Gasteiger partial charge is 0.411 e. The minimum Gasteiger partial charge on any atom is -0.506 e. The minimum absolute atomic E-state index is 0.0436. The fourth-order valence-corrected chi connectivity index (χ4v) is 6.52. The van der Waals surface area contributed by atoms with Crippen molar-refractivity contribution in [2.45, 2.75) is 64.7 Å². The third kappa shape index (κ3) is 10.4. The summed E-state index contributed by atoms with van der Waals surface area (Å²) in [4.78, 5) is 38.9. The summed E-state index contributed by atoms with van der Waals surface area (Å²) < 4.78 is 5.77. The largest absolute Gasteiger partial charge is 0.506 e. The number of anilines is 3. The highest BCUT2D eigenvalue weighted by Crippen LogP contribution is 2.29. The first-order valence-electron chi connectivity index (χ1n) is 18.0. The summed E-state index contributed by atoms with van der Waals surface area (Å²) in [5.74, 6) is -0.115. The molecule has 4 aromatic carbocycles. The number of aliphatic hydroxyl groups excluding tert-OH is 1. The zero-order valence-electron chi connectivity index (χ0n) is 29.9. The maximum atomic E-state index is 13.1. The molecule has 1 aliphatic heterocycles. The van der Waals surface area contributed by atoms with Gasteiger partial charge in [-0.1, -0.05) is 74.5 Å². The van der Waals surface area contributed by atoms with Gasteiger partial charge in [-0.25, -0.2) is 4.79 Å². The quantitative estimate of drug-likeness (QED) is 0.0562. The fraction of sp³-hybridized carbons (Fsp3) is 0.341. The number of phenols is 1. The molecule has 1 atom stereocenters. The summed E-state index contributed by atoms with van der Waals surface area (Å²) in [5, 5.41) is 32.4. The van der Waals surface area contributed by atoms with E-state index in [0.29, 0.717) is 50.0 Å². The maximum Gasteiger partial charge on any atom is 0.411 e. The third-order valence-electron chi connectivity index (χ3n) is 9.45. The summed E-state index contributed by atoms with van der Waals surface area (Å²) in [6, 6.07) is 26.4. The monoisotopic (exact) mass is 707 g/mol. The predicted molar refractivity (Wildman–Crippen MR) is 204 cm³/mol. The Kier molecular flexibility index (Phi) is 13.8. The van der Waals surface area contributed by atoms with Crippen molar-refractivity contribution in [1.29, 1.82) is 0 Å². The third-order valence-corrected chi connectivity index (χ3v) is 9.45. The normalized spacial score (nSPS) is 14.0. The van der Waals surface area contributed by atoms with Crippen molar-refractivity contribution in [2.75, 3.05) is 42.1 Å². The Bertz CT molecular complexity index is 1810. The molecular formula is C41H49N5O6. The number of carbonyl (C=O) groups excluding carboxylic acids is 3. The number of rotatable bonds is 16. The molecule has 0 spiro atoms. The van der Waals surface area contributed by atoms with Crippen LogP contribution in [0, 0.1) is 0 Å². The van der Waals surface area contributed by atoms with E-state index in [1.807, 2.05) is 60.7 Å². The van der Waals surface area contributed by atoms with Crippen LogP contribution in [0.2, 0.25) is 0 Å². The number of ether oxygens (including phenoxy) is 1. The van der Waals surface area contributed by atoms with Crippen LogP contribution in [0.25, 0.3) is 11.1 Å². The molecule has 5 rings (SSSR count). The number of nitrogens with zero attached hydrogens (tertiary/aromatic N) is 1. The lowest BCUT2D eigenvalue weighted by atomic mass is 9.98. The Labute approximate surface area is 305 Å². The molecule has 1 aliphatic rings. The number of phenolic OH excluding ortho intramolecular Hbond substituents is 1. The first kappa shape index (κ1) is 38.0. The van der Waals surface area contributed by atoms with E-state index in [4.69, 9.17) is 4.74 Å². The number of nitrogens with one attached hydrogen (secondary N) is 4. The molecule has 3 amide bonds. The Hall–Kier alpha value is -5.23. The molecule has 11 nitrogen and oxygen atoms in total. The summed E-state index contributed by atoms with van der Waals surface area (Å²) in [7, 11) is 0. The molecule has 0 aliphatic carbocycles. The Morgan fingerprint density at radius 1 is 0.865 bits per heavy atom. The van der Waals surface area contributed by atoms with Crippen molar-refractivity contribution in [3.8, 4) is 16.9 Å². The van der Waals surface area contributed by atoms with Crippen LogP contribution in [0.15, 0.2) is 84.9 Å². The molecule has 11 heteroatoms. The number of piperidine rings is 1. The second kappa shape index (κ2) is 18.8. The summed E-state index contributed by atoms with van der Waals surface area (Å²) >= 11 is 0. The van der Waals surface area contributed by atoms with Gasteiger partial charge in [-0.05, 0) is 77.8 Å². The van der Waals surface area contributed by atoms with Crippen molar-refractivity contribution in [3.05, 3.63) is 107 Å². The maximum absolute atomic E-state index is 13.1. The van der Waals surface area contributed by atoms with Crippen LogP contribution in [-0.2, 0) is 33.7 Å². The molecular weight excluding hydrogens is 658 g/mol. The lowest BCUT2D eigenvalue weighted by Crippen LogP contribution is -2.39. The highest BCUT2D eigenvalue weighted by atomic mass is 16.6. The first-order chi connectivity index (χ1) is 25.3. The standard InChI is InChI=1S/C41H49N5O6/c1-3-28-23-36(29(4-2)22-32(28)25-42-26-39(49)31-14-15-38(48)37(24-31)43-27-47)44-40(50)18-21-46-19-16-33(17-20-46)52-41(51)45-35-13-9-8-12-34(35)30-10-6-5-7-11-30/h5-15,22-24,27,33,39,42,48-49H,3-4,16-21,25-26H2,1-2H3,(H,43,47)(H,44,50)(H,45,51)/t39-/m0/s1. The lowest BCUT2D eigenvalue weighted by Gasteiger charge is -2.31. The molecule has 0 radical (unpaired) electrons. The van der Waals surface area contributed by atoms with Crippen molar-refractivity contribution < 1.29 is 29.3 Å². The number of para-hydroxylation sites is 1. The Morgan fingerprint density at radius 3 is 2.33 bits per heavy atom. The number of aliphatic hydroxyl groups is 1. The van der Waals surface area contributed by atoms with Gasteiger partial charge in [-0.2, -0.15) is 0 Å². The van der Waals surface area contributed by atoms with E-state index < -0.39 is 12.2 Å². The van der Waals surface area contributed by atoms with Crippen LogP contribution >= 0.6 is 0 Å². The van der Waals surface area contributed by atoms with E-state index in [2.05, 4.69) is 46.1 Å². The number of carbonyl (C=O) groups is 3. The highest BCUT2D eigenvalue weighted by molar-refractivity contribution is 5.92. The molecule has 1 fully saturated rings. The average Bonchev–Trinajstić information content (AvgIpc) is 3.16. The fourth-order valence-electron chi connectivity index (χ4n) is 6.52. The number of aromatic hydroxyl groups is 1. The second-order valence-electron chi connectivity index (χ2n) is 13.0. The molecule has 0 unspecified atom stereocenters. The molecule has 4 aromatic rings. The molecule has 52 heavy (non-hydrogen) atoms. The van der Waals surface area contributed by atoms with Gasteiger partial charge in [0.2, 0.25) is 12.3 Å². The highest BCUT2D eigenvalue weighted by Gasteiger charge is 2.23. The Morgan fingerprint density at radius 2 is 1.60 bits per heavy atom. The number of likely N-dealkylation sites (tertiary alicyclic amines) is 1. The van der Waals surface area contributed by atoms with Crippen LogP contribution < -0.4 is 21.3 Å². The summed E-state index contributed by atoms with van der Waals surface area (Å²) in [6.07, 6.45) is 2.28. The van der Waals surface area contributed by atoms with Crippen LogP contribution in [0.5, 0.6) is 5.75 Å². The second-order valence-corrected chi connectivity index (χ2v) is 13.0. The van der Waals surface area contributed by atoms with Crippen molar-refractivity contribution in [1.82, 2.24) is 10.2 Å². The Balaban J connectivity index is 1.06. The SMILES string of the molecule is CCc1cc(NC(=O)CCN2CCC(OC(=O)Nc3ccccc3-c3ccccc3)CC2)c(CC)cc1CNC[C@H](O)c1ccc(O)c(NC=O)c1. The summed E-state index contributed by atoms with van der Waals surface area (Å²) in [5.41, 5.74) is 7.52. The number of hydrogen-bond acceptors (Lipinski definition) is 8. The number of aryl methyl sites for hydroxylation is 2. The van der Waals surface area contributed by atoms with Crippen LogP contribution in [0.3, 0.4) is 0 Å². The van der Waals surface area contributed by atoms with Gasteiger partial charge >= 0.3 is 6.09 Å². The van der Waals surface area contributed by atoms with Gasteiger partial charge in [-0.15, -0.1) is 0 Å². The molecule has 6 N–H and O–H groups in total. The molecule has 274 valence electrons. The van der Waals surface area contributed by atoms with E-state index in [-0.39, 0.29) is 30.0 Å². The lowest BCUT2D eigenvalue weighted by molar-refractivity contribution is -0.116. The summed E-state index contributed by atoms with van der Waals surface area (Å²) in [6.45, 7) is 7.04. The predicted octanol–water partition coefficient (Wildman–Crippen LogP) is 6.62. The van der Waals surface area contributed by atoms with Crippen LogP contribution in [0.1, 0.15) is 61.5 Å². The van der Waals surface area contributed by atoms with Crippen molar-refractivity contribution in [3.63, 3.8) is 0 Å². The molecule has 1 heterocycles. The number of benzene rings is 4. The minimum atomic E-state index is -0.840. The van der Waals surface area contributed by atoms with Crippen molar-refractivity contribution >= 4 is 35.5 Å². The van der Waals surface area contributed by atoms with Gasteiger partial charge < -0.3 is 35.8 Å². The van der Waals surface area contributed by atoms with E-state index >= 15 is 0 Å². The molecule has 0 saturated carbocycles. The first-order valence-corrected chi connectivity index (χ1v) is 18.0. The van der Waals surface area contributed by atoms with Gasteiger partial charge in [0.15, 0.2) is 0 Å². The van der Waals surface area contributed by atoms with E-state index in [1.165, 1.54) is 6.07 Å². The average molecular weight is 708 g/mol. The molecule has 1 saturated heterocycles. The van der Waals surface area contributed by atoms with Gasteiger partial charge in [0, 0.05) is 50.4 Å². The van der Waals surface area contributed by atoms with E-state index in [1.54, 1.807) is 12.1 Å². The zero-order valence-corrected chi connectivity index (χ0v) is 29.9. The zero-order chi connectivity index (χ0) is 36.9. The van der Waals surface area contributed by atoms with E-state index in [0.717, 1.165) is 59.4 Å².